The molecule has 3 aliphatic heterocycles. The zero-order valence-corrected chi connectivity index (χ0v) is 17.0. The Balaban J connectivity index is 1.81. The molecule has 9 heteroatoms. The third kappa shape index (κ3) is 2.31. The second kappa shape index (κ2) is 6.38. The zero-order valence-electron chi connectivity index (χ0n) is 17.0. The van der Waals surface area contributed by atoms with Crippen molar-refractivity contribution < 1.29 is 14.4 Å². The second-order valence-electron chi connectivity index (χ2n) is 8.43. The van der Waals surface area contributed by atoms with Crippen LogP contribution in [0.25, 0.3) is 5.65 Å². The molecule has 5 heterocycles. The molecule has 0 bridgehead atoms. The summed E-state index contributed by atoms with van der Waals surface area (Å²) in [7, 11) is 1.37. The van der Waals surface area contributed by atoms with Crippen LogP contribution in [0.4, 0.5) is 10.6 Å². The molecule has 0 aliphatic carbocycles. The van der Waals surface area contributed by atoms with Gasteiger partial charge in [-0.2, -0.15) is 0 Å². The van der Waals surface area contributed by atoms with Crippen LogP contribution in [-0.4, -0.2) is 51.8 Å². The molecule has 0 radical (unpaired) electrons. The van der Waals surface area contributed by atoms with Crippen molar-refractivity contribution in [2.24, 2.45) is 5.41 Å². The topological polar surface area (TPSA) is 104 Å². The van der Waals surface area contributed by atoms with Crippen LogP contribution in [0.2, 0.25) is 0 Å². The van der Waals surface area contributed by atoms with Crippen molar-refractivity contribution in [3.05, 3.63) is 39.8 Å². The third-order valence-electron chi connectivity index (χ3n) is 6.79. The smallest absolute Gasteiger partial charge is 0.330 e. The minimum Gasteiger partial charge on any atom is -0.352 e. The lowest BCUT2D eigenvalue weighted by Crippen LogP contribution is -2.71. The molecule has 0 saturated carbocycles. The highest BCUT2D eigenvalue weighted by atomic mass is 16.2. The number of pyridine rings is 1. The van der Waals surface area contributed by atoms with Crippen molar-refractivity contribution >= 4 is 29.3 Å². The van der Waals surface area contributed by atoms with Crippen LogP contribution in [-0.2, 0) is 16.0 Å². The van der Waals surface area contributed by atoms with Gasteiger partial charge in [0.25, 0.3) is 5.56 Å². The molecule has 5 rings (SSSR count). The number of aromatic nitrogens is 2. The molecule has 2 fully saturated rings. The van der Waals surface area contributed by atoms with Gasteiger partial charge in [-0.1, -0.05) is 18.9 Å². The number of rotatable bonds is 0. The van der Waals surface area contributed by atoms with Gasteiger partial charge in [0.15, 0.2) is 5.41 Å². The summed E-state index contributed by atoms with van der Waals surface area (Å²) in [5, 5.41) is 2.34. The standard InChI is InChI=1S/C21H23N5O4/c1-12-7-6-10-26-15(12)22-16-13(17(26)27)11-21(14-8-4-3-5-9-25(14)16)18(28)23-20(30)24(2)19(21)29/h6-7,10,14H,3-5,8-9,11H2,1-2H3,(H,23,28,30)/t14-,21-/m0/s1. The number of barbiturate groups is 1. The highest BCUT2D eigenvalue weighted by Gasteiger charge is 2.62. The van der Waals surface area contributed by atoms with E-state index in [0.29, 0.717) is 30.0 Å². The van der Waals surface area contributed by atoms with E-state index in [9.17, 15) is 19.2 Å². The number of anilines is 1. The Morgan fingerprint density at radius 2 is 1.97 bits per heavy atom. The number of nitrogens with one attached hydrogen (secondary N) is 1. The molecule has 2 atom stereocenters. The fraction of sp³-hybridized carbons (Fsp3) is 0.476. The summed E-state index contributed by atoms with van der Waals surface area (Å²) in [5.41, 5.74) is 0.00929. The fourth-order valence-electron chi connectivity index (χ4n) is 5.22. The predicted molar refractivity (Wildman–Crippen MR) is 108 cm³/mol. The molecule has 30 heavy (non-hydrogen) atoms. The number of urea groups is 1. The lowest BCUT2D eigenvalue weighted by atomic mass is 9.68. The van der Waals surface area contributed by atoms with Crippen molar-refractivity contribution in [1.29, 1.82) is 0 Å². The normalized spacial score (nSPS) is 26.5. The highest BCUT2D eigenvalue weighted by molar-refractivity contribution is 6.20. The molecule has 0 aromatic carbocycles. The summed E-state index contributed by atoms with van der Waals surface area (Å²) in [6.45, 7) is 2.50. The van der Waals surface area contributed by atoms with E-state index in [1.807, 2.05) is 17.9 Å². The Morgan fingerprint density at radius 3 is 2.77 bits per heavy atom. The predicted octanol–water partition coefficient (Wildman–Crippen LogP) is 1.00. The Kier molecular flexibility index (Phi) is 4.00. The van der Waals surface area contributed by atoms with Gasteiger partial charge in [0.2, 0.25) is 11.8 Å². The maximum absolute atomic E-state index is 13.4. The van der Waals surface area contributed by atoms with Crippen LogP contribution in [0.3, 0.4) is 0 Å². The van der Waals surface area contributed by atoms with Crippen LogP contribution in [0.1, 0.15) is 36.8 Å². The third-order valence-corrected chi connectivity index (χ3v) is 6.79. The van der Waals surface area contributed by atoms with Gasteiger partial charge >= 0.3 is 6.03 Å². The minimum atomic E-state index is -1.51. The van der Waals surface area contributed by atoms with Gasteiger partial charge in [-0.05, 0) is 31.4 Å². The maximum Gasteiger partial charge on any atom is 0.330 e. The molecule has 1 N–H and O–H groups in total. The van der Waals surface area contributed by atoms with Crippen LogP contribution >= 0.6 is 0 Å². The maximum atomic E-state index is 13.4. The summed E-state index contributed by atoms with van der Waals surface area (Å²) in [6.07, 6.45) is 4.92. The molecule has 156 valence electrons. The van der Waals surface area contributed by atoms with Gasteiger partial charge in [0.05, 0.1) is 11.6 Å². The Morgan fingerprint density at radius 1 is 1.17 bits per heavy atom. The first kappa shape index (κ1) is 18.8. The number of fused-ring (bicyclic) bond motifs is 5. The van der Waals surface area contributed by atoms with E-state index in [1.165, 1.54) is 11.4 Å². The van der Waals surface area contributed by atoms with Crippen LogP contribution < -0.4 is 15.8 Å². The monoisotopic (exact) mass is 409 g/mol. The summed E-state index contributed by atoms with van der Waals surface area (Å²) in [6, 6.07) is 2.49. The molecular formula is C21H23N5O4. The van der Waals surface area contributed by atoms with Gasteiger partial charge in [0.1, 0.15) is 11.5 Å². The SMILES string of the molecule is Cc1cccn2c(=O)c3c(nc12)N1CCCCC[C@H]1[C@@]1(C3)C(=O)NC(=O)N(C)C1=O. The van der Waals surface area contributed by atoms with Gasteiger partial charge < -0.3 is 4.90 Å². The van der Waals surface area contributed by atoms with Crippen molar-refractivity contribution in [3.63, 3.8) is 0 Å². The average Bonchev–Trinajstić information content (AvgIpc) is 2.99. The summed E-state index contributed by atoms with van der Waals surface area (Å²) >= 11 is 0. The van der Waals surface area contributed by atoms with Gasteiger partial charge in [0, 0.05) is 26.2 Å². The Labute approximate surface area is 172 Å². The van der Waals surface area contributed by atoms with E-state index in [2.05, 4.69) is 5.32 Å². The van der Waals surface area contributed by atoms with Crippen molar-refractivity contribution in [3.8, 4) is 0 Å². The first-order valence-electron chi connectivity index (χ1n) is 10.3. The van der Waals surface area contributed by atoms with E-state index >= 15 is 0 Å². The lowest BCUT2D eigenvalue weighted by Gasteiger charge is -2.50. The number of imide groups is 2. The Hall–Kier alpha value is -3.23. The van der Waals surface area contributed by atoms with Crippen LogP contribution in [0, 0.1) is 12.3 Å². The van der Waals surface area contributed by atoms with Crippen LogP contribution in [0.15, 0.2) is 23.1 Å². The van der Waals surface area contributed by atoms with Gasteiger partial charge in [-0.15, -0.1) is 0 Å². The summed E-state index contributed by atoms with van der Waals surface area (Å²) in [4.78, 5) is 59.9. The highest BCUT2D eigenvalue weighted by Crippen LogP contribution is 2.45. The fourth-order valence-corrected chi connectivity index (χ4v) is 5.22. The molecule has 3 aliphatic rings. The zero-order chi connectivity index (χ0) is 21.2. The number of hydrogen-bond donors (Lipinski definition) is 1. The number of carbonyl (C=O) groups excluding carboxylic acids is 3. The first-order chi connectivity index (χ1) is 14.4. The van der Waals surface area contributed by atoms with Crippen molar-refractivity contribution in [1.82, 2.24) is 19.6 Å². The van der Waals surface area contributed by atoms with Crippen molar-refractivity contribution in [2.75, 3.05) is 18.5 Å². The van der Waals surface area contributed by atoms with E-state index in [0.717, 1.165) is 29.7 Å². The molecule has 0 unspecified atom stereocenters. The number of nitrogens with zero attached hydrogens (tertiary/aromatic N) is 4. The number of amides is 4. The van der Waals surface area contributed by atoms with E-state index in [-0.39, 0.29) is 12.0 Å². The largest absolute Gasteiger partial charge is 0.352 e. The summed E-state index contributed by atoms with van der Waals surface area (Å²) in [5.74, 6) is -0.605. The Bertz CT molecular complexity index is 1170. The number of aryl methyl sites for hydroxylation is 1. The molecular weight excluding hydrogens is 386 g/mol. The summed E-state index contributed by atoms with van der Waals surface area (Å²) < 4.78 is 1.47. The van der Waals surface area contributed by atoms with E-state index in [1.54, 1.807) is 12.3 Å². The molecule has 1 spiro atoms. The minimum absolute atomic E-state index is 0.0610. The van der Waals surface area contributed by atoms with E-state index < -0.39 is 29.3 Å². The number of hydrogen-bond acceptors (Lipinski definition) is 6. The average molecular weight is 409 g/mol. The van der Waals surface area contributed by atoms with Crippen LogP contribution in [0.5, 0.6) is 0 Å². The molecule has 2 aromatic rings. The molecule has 2 aromatic heterocycles. The van der Waals surface area contributed by atoms with Gasteiger partial charge in [-0.3, -0.25) is 29.0 Å². The van der Waals surface area contributed by atoms with E-state index in [4.69, 9.17) is 4.98 Å². The second-order valence-corrected chi connectivity index (χ2v) is 8.43. The van der Waals surface area contributed by atoms with Crippen molar-refractivity contribution in [2.45, 2.75) is 45.1 Å². The van der Waals surface area contributed by atoms with Gasteiger partial charge in [-0.25, -0.2) is 9.78 Å². The molecule has 9 nitrogen and oxygen atoms in total. The molecule has 2 saturated heterocycles. The molecule has 4 amide bonds. The quantitative estimate of drug-likeness (QED) is 0.651. The first-order valence-corrected chi connectivity index (χ1v) is 10.3. The lowest BCUT2D eigenvalue weighted by molar-refractivity contribution is -0.152. The number of carbonyl (C=O) groups is 3.